The number of carbonyl (C=O) groups excluding carboxylic acids is 1. The molecule has 0 aliphatic heterocycles. The first-order valence-electron chi connectivity index (χ1n) is 6.46. The summed E-state index contributed by atoms with van der Waals surface area (Å²) in [7, 11) is 0. The zero-order valence-corrected chi connectivity index (χ0v) is 11.0. The van der Waals surface area contributed by atoms with Gasteiger partial charge in [0.1, 0.15) is 0 Å². The standard InChI is InChI=1S/C16H18N2O/c1-2-17-16(19)14-10-6-7-11-15(14)18-12-13-8-4-3-5-9-13/h3-11,18H,2,12H2,1H3,(H,17,19). The number of nitrogens with one attached hydrogen (secondary N) is 2. The van der Waals surface area contributed by atoms with Crippen LogP contribution in [0.3, 0.4) is 0 Å². The first-order chi connectivity index (χ1) is 9.31. The average Bonchev–Trinajstić information content (AvgIpc) is 2.47. The van der Waals surface area contributed by atoms with E-state index in [0.717, 1.165) is 5.69 Å². The summed E-state index contributed by atoms with van der Waals surface area (Å²) in [5, 5.41) is 6.13. The molecule has 0 unspecified atom stereocenters. The smallest absolute Gasteiger partial charge is 0.253 e. The van der Waals surface area contributed by atoms with Crippen LogP contribution >= 0.6 is 0 Å². The van der Waals surface area contributed by atoms with E-state index in [1.54, 1.807) is 0 Å². The van der Waals surface area contributed by atoms with Crippen LogP contribution < -0.4 is 10.6 Å². The minimum atomic E-state index is -0.0429. The van der Waals surface area contributed by atoms with Gasteiger partial charge in [0.25, 0.3) is 5.91 Å². The maximum Gasteiger partial charge on any atom is 0.253 e. The molecule has 19 heavy (non-hydrogen) atoms. The molecule has 2 rings (SSSR count). The minimum absolute atomic E-state index is 0.0429. The van der Waals surface area contributed by atoms with Crippen molar-refractivity contribution in [2.24, 2.45) is 0 Å². The number of carbonyl (C=O) groups is 1. The van der Waals surface area contributed by atoms with Gasteiger partial charge in [-0.3, -0.25) is 4.79 Å². The first-order valence-corrected chi connectivity index (χ1v) is 6.46. The molecule has 0 aromatic heterocycles. The maximum atomic E-state index is 11.9. The van der Waals surface area contributed by atoms with Gasteiger partial charge >= 0.3 is 0 Å². The third-order valence-electron chi connectivity index (χ3n) is 2.83. The van der Waals surface area contributed by atoms with E-state index in [2.05, 4.69) is 22.8 Å². The summed E-state index contributed by atoms with van der Waals surface area (Å²) in [4.78, 5) is 11.9. The Labute approximate surface area is 113 Å². The molecule has 1 amide bonds. The molecule has 0 spiro atoms. The lowest BCUT2D eigenvalue weighted by Gasteiger charge is -2.11. The van der Waals surface area contributed by atoms with Crippen LogP contribution in [0.15, 0.2) is 54.6 Å². The Hall–Kier alpha value is -2.29. The van der Waals surface area contributed by atoms with Gasteiger partial charge in [-0.25, -0.2) is 0 Å². The highest BCUT2D eigenvalue weighted by atomic mass is 16.1. The van der Waals surface area contributed by atoms with Gasteiger partial charge in [0.2, 0.25) is 0 Å². The molecule has 3 nitrogen and oxygen atoms in total. The molecule has 3 heteroatoms. The fraction of sp³-hybridized carbons (Fsp3) is 0.188. The van der Waals surface area contributed by atoms with Gasteiger partial charge in [-0.1, -0.05) is 42.5 Å². The summed E-state index contributed by atoms with van der Waals surface area (Å²) in [6.07, 6.45) is 0. The molecule has 0 fully saturated rings. The van der Waals surface area contributed by atoms with Gasteiger partial charge in [0.15, 0.2) is 0 Å². The Bertz CT molecular complexity index is 537. The van der Waals surface area contributed by atoms with Crippen LogP contribution in [0, 0.1) is 0 Å². The normalized spacial score (nSPS) is 9.95. The summed E-state index contributed by atoms with van der Waals surface area (Å²) in [5.41, 5.74) is 2.73. The lowest BCUT2D eigenvalue weighted by atomic mass is 10.1. The summed E-state index contributed by atoms with van der Waals surface area (Å²) < 4.78 is 0. The Balaban J connectivity index is 2.10. The number of para-hydroxylation sites is 1. The zero-order chi connectivity index (χ0) is 13.5. The summed E-state index contributed by atoms with van der Waals surface area (Å²) >= 11 is 0. The van der Waals surface area contributed by atoms with Gasteiger partial charge in [-0.05, 0) is 24.6 Å². The quantitative estimate of drug-likeness (QED) is 0.861. The van der Waals surface area contributed by atoms with Crippen LogP contribution in [-0.2, 0) is 6.54 Å². The highest BCUT2D eigenvalue weighted by Crippen LogP contribution is 2.16. The topological polar surface area (TPSA) is 41.1 Å². The molecular weight excluding hydrogens is 236 g/mol. The lowest BCUT2D eigenvalue weighted by molar-refractivity contribution is 0.0956. The van der Waals surface area contributed by atoms with E-state index in [-0.39, 0.29) is 5.91 Å². The number of rotatable bonds is 5. The van der Waals surface area contributed by atoms with Gasteiger partial charge in [-0.2, -0.15) is 0 Å². The predicted octanol–water partition coefficient (Wildman–Crippen LogP) is 3.05. The molecule has 2 aromatic carbocycles. The molecular formula is C16H18N2O. The lowest BCUT2D eigenvalue weighted by Crippen LogP contribution is -2.23. The molecule has 0 saturated carbocycles. The van der Waals surface area contributed by atoms with Crippen molar-refractivity contribution < 1.29 is 4.79 Å². The fourth-order valence-corrected chi connectivity index (χ4v) is 1.88. The van der Waals surface area contributed by atoms with Gasteiger partial charge in [0.05, 0.1) is 5.56 Å². The molecule has 0 saturated heterocycles. The second kappa shape index (κ2) is 6.59. The van der Waals surface area contributed by atoms with Gasteiger partial charge in [-0.15, -0.1) is 0 Å². The van der Waals surface area contributed by atoms with Crippen molar-refractivity contribution in [1.29, 1.82) is 0 Å². The summed E-state index contributed by atoms with van der Waals surface area (Å²) in [6.45, 7) is 3.25. The van der Waals surface area contributed by atoms with E-state index in [9.17, 15) is 4.79 Å². The molecule has 0 aliphatic carbocycles. The molecule has 2 N–H and O–H groups in total. The van der Waals surface area contributed by atoms with Crippen molar-refractivity contribution in [3.05, 3.63) is 65.7 Å². The molecule has 0 atom stereocenters. The predicted molar refractivity (Wildman–Crippen MR) is 78.2 cm³/mol. The fourth-order valence-electron chi connectivity index (χ4n) is 1.88. The zero-order valence-electron chi connectivity index (χ0n) is 11.0. The highest BCUT2D eigenvalue weighted by Gasteiger charge is 2.09. The highest BCUT2D eigenvalue weighted by molar-refractivity contribution is 5.99. The number of hydrogen-bond acceptors (Lipinski definition) is 2. The van der Waals surface area contributed by atoms with Crippen LogP contribution in [0.4, 0.5) is 5.69 Å². The Morgan fingerprint density at radius 1 is 1.00 bits per heavy atom. The van der Waals surface area contributed by atoms with Gasteiger partial charge in [0, 0.05) is 18.8 Å². The Morgan fingerprint density at radius 3 is 2.42 bits per heavy atom. The Kier molecular flexibility index (Phi) is 4.56. The summed E-state index contributed by atoms with van der Waals surface area (Å²) in [6, 6.07) is 17.7. The van der Waals surface area contributed by atoms with E-state index in [1.165, 1.54) is 5.56 Å². The molecule has 98 valence electrons. The van der Waals surface area contributed by atoms with Crippen molar-refractivity contribution in [2.75, 3.05) is 11.9 Å². The third-order valence-corrected chi connectivity index (χ3v) is 2.83. The van der Waals surface area contributed by atoms with Crippen molar-refractivity contribution in [3.63, 3.8) is 0 Å². The van der Waals surface area contributed by atoms with Crippen LogP contribution in [0.25, 0.3) is 0 Å². The van der Waals surface area contributed by atoms with Crippen LogP contribution in [0.2, 0.25) is 0 Å². The molecule has 0 aliphatic rings. The van der Waals surface area contributed by atoms with E-state index >= 15 is 0 Å². The Morgan fingerprint density at radius 2 is 1.68 bits per heavy atom. The number of hydrogen-bond donors (Lipinski definition) is 2. The number of amides is 1. The van der Waals surface area contributed by atoms with E-state index in [0.29, 0.717) is 18.7 Å². The van der Waals surface area contributed by atoms with Crippen LogP contribution in [0.5, 0.6) is 0 Å². The number of anilines is 1. The van der Waals surface area contributed by atoms with Crippen molar-refractivity contribution in [3.8, 4) is 0 Å². The van der Waals surface area contributed by atoms with Gasteiger partial charge < -0.3 is 10.6 Å². The molecule has 0 radical (unpaired) electrons. The molecule has 0 bridgehead atoms. The van der Waals surface area contributed by atoms with E-state index in [1.807, 2.05) is 49.4 Å². The van der Waals surface area contributed by atoms with Crippen molar-refractivity contribution in [1.82, 2.24) is 5.32 Å². The summed E-state index contributed by atoms with van der Waals surface area (Å²) in [5.74, 6) is -0.0429. The third kappa shape index (κ3) is 3.58. The SMILES string of the molecule is CCNC(=O)c1ccccc1NCc1ccccc1. The van der Waals surface area contributed by atoms with Crippen LogP contribution in [-0.4, -0.2) is 12.5 Å². The minimum Gasteiger partial charge on any atom is -0.380 e. The number of benzene rings is 2. The largest absolute Gasteiger partial charge is 0.380 e. The maximum absolute atomic E-state index is 11.9. The molecule has 0 heterocycles. The van der Waals surface area contributed by atoms with Crippen molar-refractivity contribution >= 4 is 11.6 Å². The van der Waals surface area contributed by atoms with E-state index in [4.69, 9.17) is 0 Å². The van der Waals surface area contributed by atoms with Crippen LogP contribution in [0.1, 0.15) is 22.8 Å². The average molecular weight is 254 g/mol. The second-order valence-corrected chi connectivity index (χ2v) is 4.24. The van der Waals surface area contributed by atoms with Crippen molar-refractivity contribution in [2.45, 2.75) is 13.5 Å². The first kappa shape index (κ1) is 13.1. The second-order valence-electron chi connectivity index (χ2n) is 4.24. The monoisotopic (exact) mass is 254 g/mol. The molecule has 2 aromatic rings. The van der Waals surface area contributed by atoms with E-state index < -0.39 is 0 Å².